The van der Waals surface area contributed by atoms with Gasteiger partial charge in [-0.15, -0.1) is 0 Å². The summed E-state index contributed by atoms with van der Waals surface area (Å²) in [5.41, 5.74) is 2.66. The number of carbonyl (C=O) groups is 1. The third-order valence-electron chi connectivity index (χ3n) is 5.25. The fraction of sp³-hybridized carbons (Fsp3) is 0.261. The minimum absolute atomic E-state index is 0.0138. The topological polar surface area (TPSA) is 67.6 Å². The summed E-state index contributed by atoms with van der Waals surface area (Å²) in [5, 5.41) is 4.42. The molecular formula is C23H22ClN3O3S. The summed E-state index contributed by atoms with van der Waals surface area (Å²) in [7, 11) is 0. The Hall–Kier alpha value is -2.90. The molecule has 0 spiro atoms. The number of benzene rings is 1. The average Bonchev–Trinajstić information content (AvgIpc) is 3.36. The minimum Gasteiger partial charge on any atom is -0.465 e. The van der Waals surface area contributed by atoms with E-state index < -0.39 is 0 Å². The molecule has 0 radical (unpaired) electrons. The number of furan rings is 1. The fourth-order valence-corrected chi connectivity index (χ4v) is 4.24. The van der Waals surface area contributed by atoms with Crippen molar-refractivity contribution in [2.75, 3.05) is 13.2 Å². The van der Waals surface area contributed by atoms with E-state index in [9.17, 15) is 4.79 Å². The SMILES string of the molecule is CCOC(=O)CN1C(=S)N[C@@H](c2ccccn2)[C@H]1c1ccc(-c2cccc(Cl)c2C)o1. The maximum Gasteiger partial charge on any atom is 0.325 e. The van der Waals surface area contributed by atoms with Gasteiger partial charge in [0.05, 0.1) is 18.3 Å². The van der Waals surface area contributed by atoms with Gasteiger partial charge in [-0.3, -0.25) is 9.78 Å². The lowest BCUT2D eigenvalue weighted by molar-refractivity contribution is -0.143. The summed E-state index contributed by atoms with van der Waals surface area (Å²) in [6.07, 6.45) is 1.73. The van der Waals surface area contributed by atoms with Crippen molar-refractivity contribution in [2.24, 2.45) is 0 Å². The zero-order valence-electron chi connectivity index (χ0n) is 17.2. The maximum absolute atomic E-state index is 12.3. The second kappa shape index (κ2) is 9.08. The Kier molecular flexibility index (Phi) is 6.25. The second-order valence-electron chi connectivity index (χ2n) is 7.17. The first-order valence-corrected chi connectivity index (χ1v) is 10.8. The molecule has 2 aromatic heterocycles. The van der Waals surface area contributed by atoms with Crippen LogP contribution in [0.5, 0.6) is 0 Å². The van der Waals surface area contributed by atoms with Crippen molar-refractivity contribution in [2.45, 2.75) is 25.9 Å². The Bertz CT molecular complexity index is 1100. The molecule has 160 valence electrons. The normalized spacial score (nSPS) is 18.2. The monoisotopic (exact) mass is 455 g/mol. The van der Waals surface area contributed by atoms with E-state index >= 15 is 0 Å². The molecule has 1 fully saturated rings. The van der Waals surface area contributed by atoms with Gasteiger partial charge < -0.3 is 19.4 Å². The Morgan fingerprint density at radius 1 is 1.26 bits per heavy atom. The molecule has 0 amide bonds. The molecule has 3 aromatic rings. The van der Waals surface area contributed by atoms with Crippen LogP contribution in [0.4, 0.5) is 0 Å². The third kappa shape index (κ3) is 4.29. The number of aromatic nitrogens is 1. The van der Waals surface area contributed by atoms with Gasteiger partial charge in [0.1, 0.15) is 24.1 Å². The highest BCUT2D eigenvalue weighted by molar-refractivity contribution is 7.80. The van der Waals surface area contributed by atoms with Crippen LogP contribution in [0.25, 0.3) is 11.3 Å². The second-order valence-corrected chi connectivity index (χ2v) is 7.97. The molecular weight excluding hydrogens is 434 g/mol. The lowest BCUT2D eigenvalue weighted by Crippen LogP contribution is -2.35. The zero-order chi connectivity index (χ0) is 22.0. The number of thiocarbonyl (C=S) groups is 1. The Morgan fingerprint density at radius 3 is 2.84 bits per heavy atom. The molecule has 2 atom stereocenters. The van der Waals surface area contributed by atoms with Crippen LogP contribution in [0.1, 0.15) is 36.0 Å². The number of carbonyl (C=O) groups excluding carboxylic acids is 1. The molecule has 1 aromatic carbocycles. The van der Waals surface area contributed by atoms with E-state index in [1.807, 2.05) is 55.5 Å². The smallest absolute Gasteiger partial charge is 0.325 e. The molecule has 0 aliphatic carbocycles. The molecule has 1 aliphatic heterocycles. The maximum atomic E-state index is 12.3. The van der Waals surface area contributed by atoms with E-state index in [2.05, 4.69) is 10.3 Å². The number of esters is 1. The molecule has 0 saturated carbocycles. The fourth-order valence-electron chi connectivity index (χ4n) is 3.76. The standard InChI is InChI=1S/C23H22ClN3O3S/c1-3-29-20(28)13-27-22(21(26-23(27)31)17-9-4-5-12-25-17)19-11-10-18(30-19)15-7-6-8-16(24)14(15)2/h4-12,21-22H,3,13H2,1-2H3,(H,26,31)/t21-,22+/m0/s1. The lowest BCUT2D eigenvalue weighted by Gasteiger charge is -2.25. The van der Waals surface area contributed by atoms with Crippen molar-refractivity contribution in [3.05, 3.63) is 76.8 Å². The average molecular weight is 456 g/mol. The number of hydrogen-bond donors (Lipinski definition) is 1. The van der Waals surface area contributed by atoms with E-state index in [0.29, 0.717) is 28.3 Å². The van der Waals surface area contributed by atoms with Crippen LogP contribution in [0.15, 0.2) is 59.1 Å². The van der Waals surface area contributed by atoms with E-state index in [4.69, 9.17) is 33.0 Å². The van der Waals surface area contributed by atoms with Crippen molar-refractivity contribution in [3.8, 4) is 11.3 Å². The lowest BCUT2D eigenvalue weighted by atomic mass is 10.0. The van der Waals surface area contributed by atoms with Crippen LogP contribution < -0.4 is 5.32 Å². The van der Waals surface area contributed by atoms with E-state index in [-0.39, 0.29) is 24.6 Å². The highest BCUT2D eigenvalue weighted by Crippen LogP contribution is 2.41. The molecule has 4 rings (SSSR count). The van der Waals surface area contributed by atoms with Gasteiger partial charge in [-0.25, -0.2) is 0 Å². The summed E-state index contributed by atoms with van der Waals surface area (Å²) in [6, 6.07) is 14.6. The minimum atomic E-state index is -0.361. The van der Waals surface area contributed by atoms with Crippen LogP contribution in [0.3, 0.4) is 0 Å². The third-order valence-corrected chi connectivity index (χ3v) is 6.02. The molecule has 1 aliphatic rings. The highest BCUT2D eigenvalue weighted by atomic mass is 35.5. The van der Waals surface area contributed by atoms with Crippen LogP contribution in [0, 0.1) is 6.92 Å². The van der Waals surface area contributed by atoms with Gasteiger partial charge in [0.25, 0.3) is 0 Å². The van der Waals surface area contributed by atoms with Gasteiger partial charge in [0.15, 0.2) is 5.11 Å². The predicted molar refractivity (Wildman–Crippen MR) is 123 cm³/mol. The number of nitrogens with zero attached hydrogens (tertiary/aromatic N) is 2. The van der Waals surface area contributed by atoms with Gasteiger partial charge in [0.2, 0.25) is 0 Å². The molecule has 3 heterocycles. The van der Waals surface area contributed by atoms with Gasteiger partial charge in [-0.05, 0) is 62.0 Å². The zero-order valence-corrected chi connectivity index (χ0v) is 18.7. The van der Waals surface area contributed by atoms with Crippen molar-refractivity contribution in [1.29, 1.82) is 0 Å². The summed E-state index contributed by atoms with van der Waals surface area (Å²) < 4.78 is 11.4. The van der Waals surface area contributed by atoms with Crippen LogP contribution >= 0.6 is 23.8 Å². The first kappa shape index (κ1) is 21.3. The summed E-state index contributed by atoms with van der Waals surface area (Å²) >= 11 is 11.8. The molecule has 1 saturated heterocycles. The number of pyridine rings is 1. The van der Waals surface area contributed by atoms with Crippen molar-refractivity contribution >= 4 is 34.9 Å². The number of nitrogens with one attached hydrogen (secondary N) is 1. The number of ether oxygens (including phenoxy) is 1. The van der Waals surface area contributed by atoms with Crippen LogP contribution in [0.2, 0.25) is 5.02 Å². The van der Waals surface area contributed by atoms with Crippen LogP contribution in [-0.2, 0) is 9.53 Å². The first-order valence-electron chi connectivity index (χ1n) is 9.98. The van der Waals surface area contributed by atoms with Crippen molar-refractivity contribution in [1.82, 2.24) is 15.2 Å². The van der Waals surface area contributed by atoms with Crippen molar-refractivity contribution in [3.63, 3.8) is 0 Å². The van der Waals surface area contributed by atoms with Gasteiger partial charge >= 0.3 is 5.97 Å². The highest BCUT2D eigenvalue weighted by Gasteiger charge is 2.42. The molecule has 8 heteroatoms. The molecule has 0 bridgehead atoms. The summed E-state index contributed by atoms with van der Waals surface area (Å²) in [6.45, 7) is 4.05. The van der Waals surface area contributed by atoms with E-state index in [0.717, 1.165) is 16.8 Å². The number of rotatable bonds is 6. The number of halogens is 1. The van der Waals surface area contributed by atoms with E-state index in [1.165, 1.54) is 0 Å². The van der Waals surface area contributed by atoms with E-state index in [1.54, 1.807) is 18.0 Å². The van der Waals surface area contributed by atoms with Gasteiger partial charge in [-0.2, -0.15) is 0 Å². The molecule has 0 unspecified atom stereocenters. The Labute approximate surface area is 191 Å². The number of hydrogen-bond acceptors (Lipinski definition) is 5. The molecule has 31 heavy (non-hydrogen) atoms. The molecule has 6 nitrogen and oxygen atoms in total. The summed E-state index contributed by atoms with van der Waals surface area (Å²) in [5.74, 6) is 1.01. The predicted octanol–water partition coefficient (Wildman–Crippen LogP) is 4.84. The molecule has 1 N–H and O–H groups in total. The largest absolute Gasteiger partial charge is 0.465 e. The van der Waals surface area contributed by atoms with Crippen molar-refractivity contribution < 1.29 is 13.9 Å². The first-order chi connectivity index (χ1) is 15.0. The van der Waals surface area contributed by atoms with Gasteiger partial charge in [-0.1, -0.05) is 29.8 Å². The summed E-state index contributed by atoms with van der Waals surface area (Å²) in [4.78, 5) is 18.5. The Morgan fingerprint density at radius 2 is 2.10 bits per heavy atom. The van der Waals surface area contributed by atoms with Crippen LogP contribution in [-0.4, -0.2) is 34.1 Å². The Balaban J connectivity index is 1.73. The quantitative estimate of drug-likeness (QED) is 0.421. The van der Waals surface area contributed by atoms with Gasteiger partial charge in [0, 0.05) is 16.8 Å².